The SMILES string of the molecule is C[C@H](/C=C/CCn1cc(CCO)nn1)[C@@]1(O)C(=O)N(Cc2cccc(N(C=O)c3ccccc3)c2)c2ccc(Br)cc21. The molecule has 0 fully saturated rings. The number of fused-ring (bicyclic) bond motifs is 1. The Morgan fingerprint density at radius 3 is 2.62 bits per heavy atom. The monoisotopic (exact) mass is 629 g/mol. The van der Waals surface area contributed by atoms with E-state index in [0.717, 1.165) is 27.8 Å². The maximum atomic E-state index is 14.0. The third-order valence-electron chi connectivity index (χ3n) is 7.46. The molecule has 1 aliphatic heterocycles. The number of para-hydroxylation sites is 1. The predicted molar refractivity (Wildman–Crippen MR) is 164 cm³/mol. The van der Waals surface area contributed by atoms with E-state index < -0.39 is 17.4 Å². The summed E-state index contributed by atoms with van der Waals surface area (Å²) in [5, 5.41) is 29.2. The maximum Gasteiger partial charge on any atom is 0.264 e. The van der Waals surface area contributed by atoms with Crippen LogP contribution in [-0.2, 0) is 34.7 Å². The van der Waals surface area contributed by atoms with E-state index in [1.165, 1.54) is 0 Å². The molecule has 0 aliphatic carbocycles. The smallest absolute Gasteiger partial charge is 0.264 e. The summed E-state index contributed by atoms with van der Waals surface area (Å²) in [5.41, 5.74) is 2.39. The molecule has 9 nitrogen and oxygen atoms in total. The molecule has 2 N–H and O–H groups in total. The normalized spacial score (nSPS) is 17.0. The second kappa shape index (κ2) is 12.8. The van der Waals surface area contributed by atoms with Crippen LogP contribution in [0, 0.1) is 5.92 Å². The first-order valence-electron chi connectivity index (χ1n) is 13.7. The number of carbonyl (C=O) groups excluding carboxylic acids is 2. The number of benzene rings is 3. The number of carbonyl (C=O) groups is 2. The zero-order chi connectivity index (χ0) is 29.7. The molecular weight excluding hydrogens is 598 g/mol. The number of hydrogen-bond donors (Lipinski definition) is 2. The minimum absolute atomic E-state index is 0.0215. The molecule has 2 amide bonds. The second-order valence-corrected chi connectivity index (χ2v) is 11.2. The average Bonchev–Trinajstić information content (AvgIpc) is 3.53. The summed E-state index contributed by atoms with van der Waals surface area (Å²) in [6, 6.07) is 22.3. The molecule has 0 unspecified atom stereocenters. The summed E-state index contributed by atoms with van der Waals surface area (Å²) in [5.74, 6) is -0.919. The minimum Gasteiger partial charge on any atom is -0.396 e. The van der Waals surface area contributed by atoms with Crippen molar-refractivity contribution in [2.75, 3.05) is 16.4 Å². The number of nitrogens with zero attached hydrogens (tertiary/aromatic N) is 5. The number of amides is 2. The van der Waals surface area contributed by atoms with Crippen LogP contribution in [-0.4, -0.2) is 44.1 Å². The summed E-state index contributed by atoms with van der Waals surface area (Å²) < 4.78 is 2.48. The number of anilines is 3. The molecule has 3 aromatic carbocycles. The number of aryl methyl sites for hydroxylation is 1. The van der Waals surface area contributed by atoms with E-state index in [-0.39, 0.29) is 13.2 Å². The molecule has 0 saturated carbocycles. The standard InChI is InChI=1S/C32H32BrN5O4/c1-23(8-5-6-16-36-21-26(15-17-39)34-35-36)32(42)29-19-25(33)13-14-30(29)37(31(32)41)20-24-9-7-12-28(18-24)38(22-40)27-10-3-2-4-11-27/h2-5,7-14,18-19,21-23,39,42H,6,15-17,20H2,1H3/b8-5+/t23-,32+/m1/s1. The van der Waals surface area contributed by atoms with Crippen molar-refractivity contribution < 1.29 is 19.8 Å². The van der Waals surface area contributed by atoms with Gasteiger partial charge in [-0.3, -0.25) is 19.2 Å². The Morgan fingerprint density at radius 1 is 1.07 bits per heavy atom. The predicted octanol–water partition coefficient (Wildman–Crippen LogP) is 4.89. The van der Waals surface area contributed by atoms with Crippen molar-refractivity contribution in [3.05, 3.63) is 112 Å². The number of allylic oxidation sites excluding steroid dienone is 1. The van der Waals surface area contributed by atoms with Gasteiger partial charge in [-0.05, 0) is 54.4 Å². The number of aromatic nitrogens is 3. The highest BCUT2D eigenvalue weighted by atomic mass is 79.9. The van der Waals surface area contributed by atoms with Crippen molar-refractivity contribution in [2.24, 2.45) is 5.92 Å². The van der Waals surface area contributed by atoms with E-state index in [1.54, 1.807) is 26.7 Å². The first-order chi connectivity index (χ1) is 20.3. The molecule has 1 aromatic heterocycles. The molecule has 216 valence electrons. The molecular formula is C32H32BrN5O4. The van der Waals surface area contributed by atoms with Crippen LogP contribution in [0.2, 0.25) is 0 Å². The summed E-state index contributed by atoms with van der Waals surface area (Å²) >= 11 is 3.50. The van der Waals surface area contributed by atoms with E-state index in [9.17, 15) is 14.7 Å². The lowest BCUT2D eigenvalue weighted by Crippen LogP contribution is -2.44. The van der Waals surface area contributed by atoms with Crippen molar-refractivity contribution in [3.63, 3.8) is 0 Å². The highest BCUT2D eigenvalue weighted by Gasteiger charge is 2.52. The van der Waals surface area contributed by atoms with Crippen molar-refractivity contribution in [3.8, 4) is 0 Å². The molecule has 4 aromatic rings. The van der Waals surface area contributed by atoms with Crippen LogP contribution < -0.4 is 9.80 Å². The lowest BCUT2D eigenvalue weighted by Gasteiger charge is -2.28. The Kier molecular flexibility index (Phi) is 8.96. The van der Waals surface area contributed by atoms with Crippen LogP contribution >= 0.6 is 15.9 Å². The Bertz CT molecular complexity index is 1590. The third-order valence-corrected chi connectivity index (χ3v) is 7.96. The van der Waals surface area contributed by atoms with Gasteiger partial charge in [0.25, 0.3) is 5.91 Å². The molecule has 2 atom stereocenters. The summed E-state index contributed by atoms with van der Waals surface area (Å²) in [6.45, 7) is 2.66. The summed E-state index contributed by atoms with van der Waals surface area (Å²) in [7, 11) is 0. The van der Waals surface area contributed by atoms with Gasteiger partial charge in [0, 0.05) is 53.1 Å². The number of aliphatic hydroxyl groups is 2. The Labute approximate surface area is 252 Å². The number of hydrogen-bond acceptors (Lipinski definition) is 6. The fourth-order valence-corrected chi connectivity index (χ4v) is 5.61. The van der Waals surface area contributed by atoms with Crippen LogP contribution in [0.1, 0.15) is 30.2 Å². The Hall–Kier alpha value is -4.12. The van der Waals surface area contributed by atoms with Gasteiger partial charge in [0.05, 0.1) is 17.9 Å². The van der Waals surface area contributed by atoms with Gasteiger partial charge >= 0.3 is 0 Å². The number of halogens is 1. The summed E-state index contributed by atoms with van der Waals surface area (Å²) in [6.07, 6.45) is 7.46. The van der Waals surface area contributed by atoms with Crippen molar-refractivity contribution >= 4 is 45.3 Å². The third kappa shape index (κ3) is 5.92. The van der Waals surface area contributed by atoms with Crippen molar-refractivity contribution in [1.82, 2.24) is 15.0 Å². The van der Waals surface area contributed by atoms with E-state index in [0.29, 0.717) is 36.3 Å². The number of rotatable bonds is 12. The van der Waals surface area contributed by atoms with Gasteiger partial charge in [0.2, 0.25) is 6.41 Å². The van der Waals surface area contributed by atoms with Crippen LogP contribution in [0.4, 0.5) is 17.1 Å². The molecule has 0 bridgehead atoms. The molecule has 0 spiro atoms. The van der Waals surface area contributed by atoms with Gasteiger partial charge in [0.15, 0.2) is 5.60 Å². The zero-order valence-electron chi connectivity index (χ0n) is 23.2. The van der Waals surface area contributed by atoms with Gasteiger partial charge in [0.1, 0.15) is 0 Å². The van der Waals surface area contributed by atoms with Crippen LogP contribution in [0.25, 0.3) is 0 Å². The largest absolute Gasteiger partial charge is 0.396 e. The van der Waals surface area contributed by atoms with Gasteiger partial charge in [-0.25, -0.2) is 0 Å². The van der Waals surface area contributed by atoms with Crippen molar-refractivity contribution in [2.45, 2.75) is 38.5 Å². The molecule has 10 heteroatoms. The molecule has 5 rings (SSSR count). The lowest BCUT2D eigenvalue weighted by molar-refractivity contribution is -0.139. The molecule has 1 aliphatic rings. The molecule has 2 heterocycles. The topological polar surface area (TPSA) is 112 Å². The van der Waals surface area contributed by atoms with Gasteiger partial charge < -0.3 is 15.1 Å². The quantitative estimate of drug-likeness (QED) is 0.171. The van der Waals surface area contributed by atoms with Gasteiger partial charge in [-0.1, -0.05) is 70.6 Å². The van der Waals surface area contributed by atoms with E-state index in [2.05, 4.69) is 26.2 Å². The summed E-state index contributed by atoms with van der Waals surface area (Å²) in [4.78, 5) is 29.1. The first-order valence-corrected chi connectivity index (χ1v) is 14.5. The van der Waals surface area contributed by atoms with Gasteiger partial charge in [-0.15, -0.1) is 5.10 Å². The van der Waals surface area contributed by atoms with E-state index in [1.807, 2.05) is 85.8 Å². The maximum absolute atomic E-state index is 14.0. The van der Waals surface area contributed by atoms with Crippen LogP contribution in [0.3, 0.4) is 0 Å². The average molecular weight is 631 g/mol. The minimum atomic E-state index is -1.76. The number of aliphatic hydroxyl groups excluding tert-OH is 1. The zero-order valence-corrected chi connectivity index (χ0v) is 24.8. The Morgan fingerprint density at radius 2 is 1.86 bits per heavy atom. The lowest BCUT2D eigenvalue weighted by atomic mass is 9.83. The molecule has 42 heavy (non-hydrogen) atoms. The second-order valence-electron chi connectivity index (χ2n) is 10.3. The van der Waals surface area contributed by atoms with Crippen molar-refractivity contribution in [1.29, 1.82) is 0 Å². The molecule has 0 radical (unpaired) electrons. The highest BCUT2D eigenvalue weighted by Crippen LogP contribution is 2.47. The Balaban J connectivity index is 1.36. The van der Waals surface area contributed by atoms with Crippen LogP contribution in [0.5, 0.6) is 0 Å². The van der Waals surface area contributed by atoms with E-state index >= 15 is 0 Å². The fourth-order valence-electron chi connectivity index (χ4n) is 5.25. The fraction of sp³-hybridized carbons (Fsp3) is 0.250. The molecule has 0 saturated heterocycles. The van der Waals surface area contributed by atoms with E-state index in [4.69, 9.17) is 5.11 Å². The van der Waals surface area contributed by atoms with Crippen LogP contribution in [0.15, 0.2) is 95.6 Å². The first kappa shape index (κ1) is 29.4. The highest BCUT2D eigenvalue weighted by molar-refractivity contribution is 9.10. The van der Waals surface area contributed by atoms with Gasteiger partial charge in [-0.2, -0.15) is 0 Å².